The molecule has 2 N–H and O–H groups in total. The number of carbonyl (C=O) groups is 2. The summed E-state index contributed by atoms with van der Waals surface area (Å²) in [6, 6.07) is 2.38. The number of aromatic nitrogens is 1. The zero-order valence-electron chi connectivity index (χ0n) is 12.3. The van der Waals surface area contributed by atoms with Crippen molar-refractivity contribution in [1.29, 1.82) is 0 Å². The minimum Gasteiger partial charge on any atom is -0.506 e. The van der Waals surface area contributed by atoms with Crippen LogP contribution in [-0.2, 0) is 18.0 Å². The van der Waals surface area contributed by atoms with Crippen molar-refractivity contribution in [3.05, 3.63) is 39.7 Å². The molecule has 24 heavy (non-hydrogen) atoms. The summed E-state index contributed by atoms with van der Waals surface area (Å²) in [5.41, 5.74) is -2.82. The molecule has 0 unspecified atom stereocenters. The Labute approximate surface area is 132 Å². The van der Waals surface area contributed by atoms with Crippen molar-refractivity contribution in [1.82, 2.24) is 4.57 Å². The van der Waals surface area contributed by atoms with Gasteiger partial charge in [-0.1, -0.05) is 0 Å². The standard InChI is InChI=1S/C15H12F3NO5/c1-19-9-6-7(15(16,17)18)2-3-8(9)13(23)12(14(19)24)10(20)4-5-11(21)22/h2-3,6,23H,4-5H2,1H3,(H,21,22). The second-order valence-electron chi connectivity index (χ2n) is 5.13. The van der Waals surface area contributed by atoms with E-state index in [4.69, 9.17) is 5.11 Å². The van der Waals surface area contributed by atoms with E-state index in [0.29, 0.717) is 6.07 Å². The van der Waals surface area contributed by atoms with Gasteiger partial charge in [-0.25, -0.2) is 0 Å². The number of benzene rings is 1. The molecule has 0 aliphatic heterocycles. The molecule has 0 saturated carbocycles. The smallest absolute Gasteiger partial charge is 0.416 e. The molecule has 0 spiro atoms. The Kier molecular flexibility index (Phi) is 4.37. The summed E-state index contributed by atoms with van der Waals surface area (Å²) < 4.78 is 39.1. The number of aromatic hydroxyl groups is 1. The van der Waals surface area contributed by atoms with Gasteiger partial charge in [-0.2, -0.15) is 13.2 Å². The Morgan fingerprint density at radius 1 is 1.21 bits per heavy atom. The van der Waals surface area contributed by atoms with Crippen LogP contribution >= 0.6 is 0 Å². The van der Waals surface area contributed by atoms with Gasteiger partial charge < -0.3 is 14.8 Å². The molecule has 0 radical (unpaired) electrons. The average Bonchev–Trinajstić information content (AvgIpc) is 2.49. The highest BCUT2D eigenvalue weighted by atomic mass is 19.4. The van der Waals surface area contributed by atoms with Crippen LogP contribution in [0.5, 0.6) is 5.75 Å². The number of fused-ring (bicyclic) bond motifs is 1. The number of ketones is 1. The number of carboxylic acid groups (broad SMARTS) is 1. The molecule has 2 aromatic rings. The number of aliphatic carboxylic acids is 1. The van der Waals surface area contributed by atoms with Gasteiger partial charge in [-0.15, -0.1) is 0 Å². The van der Waals surface area contributed by atoms with Crippen LogP contribution in [-0.4, -0.2) is 26.5 Å². The summed E-state index contributed by atoms with van der Waals surface area (Å²) in [7, 11) is 1.16. The zero-order chi connectivity index (χ0) is 18.2. The number of alkyl halides is 3. The maximum atomic E-state index is 12.8. The van der Waals surface area contributed by atoms with E-state index in [9.17, 15) is 32.7 Å². The average molecular weight is 343 g/mol. The lowest BCUT2D eigenvalue weighted by atomic mass is 10.0. The third-order valence-corrected chi connectivity index (χ3v) is 3.54. The van der Waals surface area contributed by atoms with Crippen LogP contribution in [0.2, 0.25) is 0 Å². The van der Waals surface area contributed by atoms with Gasteiger partial charge in [-0.3, -0.25) is 14.4 Å². The molecule has 128 valence electrons. The van der Waals surface area contributed by atoms with Gasteiger partial charge in [-0.05, 0) is 18.2 Å². The summed E-state index contributed by atoms with van der Waals surface area (Å²) in [6.45, 7) is 0. The Hall–Kier alpha value is -2.84. The van der Waals surface area contributed by atoms with E-state index in [1.54, 1.807) is 0 Å². The van der Waals surface area contributed by atoms with Crippen molar-refractivity contribution in [3.63, 3.8) is 0 Å². The minimum absolute atomic E-state index is 0.108. The Morgan fingerprint density at radius 2 is 1.83 bits per heavy atom. The van der Waals surface area contributed by atoms with Crippen LogP contribution in [0.1, 0.15) is 28.8 Å². The molecule has 1 aromatic heterocycles. The number of hydrogen-bond donors (Lipinski definition) is 2. The van der Waals surface area contributed by atoms with Crippen molar-refractivity contribution >= 4 is 22.7 Å². The van der Waals surface area contributed by atoms with E-state index >= 15 is 0 Å². The lowest BCUT2D eigenvalue weighted by Crippen LogP contribution is -2.25. The number of halogens is 3. The first-order chi connectivity index (χ1) is 11.0. The third-order valence-electron chi connectivity index (χ3n) is 3.54. The Morgan fingerprint density at radius 3 is 2.38 bits per heavy atom. The molecule has 1 aromatic carbocycles. The normalized spacial score (nSPS) is 11.7. The number of hydrogen-bond acceptors (Lipinski definition) is 4. The highest BCUT2D eigenvalue weighted by Crippen LogP contribution is 2.34. The van der Waals surface area contributed by atoms with Gasteiger partial charge in [0.05, 0.1) is 17.5 Å². The lowest BCUT2D eigenvalue weighted by Gasteiger charge is -2.13. The van der Waals surface area contributed by atoms with Crippen LogP contribution in [0, 0.1) is 0 Å². The van der Waals surface area contributed by atoms with Gasteiger partial charge >= 0.3 is 12.1 Å². The molecule has 6 nitrogen and oxygen atoms in total. The van der Waals surface area contributed by atoms with E-state index < -0.39 is 53.2 Å². The molecule has 0 bridgehead atoms. The number of pyridine rings is 1. The number of carbonyl (C=O) groups excluding carboxylic acids is 1. The second-order valence-corrected chi connectivity index (χ2v) is 5.13. The molecule has 2 rings (SSSR count). The monoisotopic (exact) mass is 343 g/mol. The molecule has 0 amide bonds. The number of aryl methyl sites for hydroxylation is 1. The summed E-state index contributed by atoms with van der Waals surface area (Å²) in [4.78, 5) is 34.7. The molecule has 1 heterocycles. The van der Waals surface area contributed by atoms with E-state index in [1.165, 1.54) is 0 Å². The topological polar surface area (TPSA) is 96.6 Å². The van der Waals surface area contributed by atoms with Gasteiger partial charge in [0.25, 0.3) is 5.56 Å². The first kappa shape index (κ1) is 17.5. The summed E-state index contributed by atoms with van der Waals surface area (Å²) in [5.74, 6) is -2.90. The fourth-order valence-electron chi connectivity index (χ4n) is 2.30. The fourth-order valence-corrected chi connectivity index (χ4v) is 2.30. The van der Waals surface area contributed by atoms with Gasteiger partial charge in [0.2, 0.25) is 0 Å². The molecule has 0 aliphatic rings. The van der Waals surface area contributed by atoms with Crippen LogP contribution in [0.15, 0.2) is 23.0 Å². The highest BCUT2D eigenvalue weighted by Gasteiger charge is 2.31. The molecule has 9 heteroatoms. The number of carboxylic acids is 1. The van der Waals surface area contributed by atoms with Crippen LogP contribution < -0.4 is 5.56 Å². The molecule has 0 aliphatic carbocycles. The first-order valence-electron chi connectivity index (χ1n) is 6.72. The predicted molar refractivity (Wildman–Crippen MR) is 77.1 cm³/mol. The van der Waals surface area contributed by atoms with Crippen molar-refractivity contribution in [2.24, 2.45) is 7.05 Å². The molecule has 0 atom stereocenters. The zero-order valence-corrected chi connectivity index (χ0v) is 12.3. The molecular weight excluding hydrogens is 331 g/mol. The molecule has 0 saturated heterocycles. The van der Waals surface area contributed by atoms with Crippen molar-refractivity contribution in [3.8, 4) is 5.75 Å². The van der Waals surface area contributed by atoms with E-state index in [-0.39, 0.29) is 10.9 Å². The number of Topliss-reactive ketones (excluding diaryl/α,β-unsaturated/α-hetero) is 1. The van der Waals surface area contributed by atoms with Crippen LogP contribution in [0.3, 0.4) is 0 Å². The Balaban J connectivity index is 2.67. The van der Waals surface area contributed by atoms with Gasteiger partial charge in [0.15, 0.2) is 5.78 Å². The summed E-state index contributed by atoms with van der Waals surface area (Å²) in [6.07, 6.45) is -5.67. The fraction of sp³-hybridized carbons (Fsp3) is 0.267. The van der Waals surface area contributed by atoms with Crippen LogP contribution in [0.4, 0.5) is 13.2 Å². The van der Waals surface area contributed by atoms with Crippen molar-refractivity contribution < 1.29 is 33.0 Å². The van der Waals surface area contributed by atoms with E-state index in [1.807, 2.05) is 0 Å². The molecule has 0 fully saturated rings. The van der Waals surface area contributed by atoms with Gasteiger partial charge in [0.1, 0.15) is 11.3 Å². The van der Waals surface area contributed by atoms with Gasteiger partial charge in [0, 0.05) is 18.9 Å². The number of nitrogens with zero attached hydrogens (tertiary/aromatic N) is 1. The second kappa shape index (κ2) is 5.99. The van der Waals surface area contributed by atoms with Crippen LogP contribution in [0.25, 0.3) is 10.9 Å². The van der Waals surface area contributed by atoms with Crippen molar-refractivity contribution in [2.75, 3.05) is 0 Å². The Bertz CT molecular complexity index is 899. The highest BCUT2D eigenvalue weighted by molar-refractivity contribution is 6.04. The predicted octanol–water partition coefficient (Wildman–Crippen LogP) is 2.31. The summed E-state index contributed by atoms with van der Waals surface area (Å²) >= 11 is 0. The third kappa shape index (κ3) is 3.10. The van der Waals surface area contributed by atoms with E-state index in [2.05, 4.69) is 0 Å². The largest absolute Gasteiger partial charge is 0.506 e. The number of rotatable bonds is 4. The molecular formula is C15H12F3NO5. The SMILES string of the molecule is Cn1c(=O)c(C(=O)CCC(=O)O)c(O)c2ccc(C(F)(F)F)cc21. The quantitative estimate of drug-likeness (QED) is 0.831. The van der Waals surface area contributed by atoms with Crippen molar-refractivity contribution in [2.45, 2.75) is 19.0 Å². The maximum absolute atomic E-state index is 12.8. The maximum Gasteiger partial charge on any atom is 0.416 e. The first-order valence-corrected chi connectivity index (χ1v) is 6.72. The van der Waals surface area contributed by atoms with E-state index in [0.717, 1.165) is 23.7 Å². The lowest BCUT2D eigenvalue weighted by molar-refractivity contribution is -0.138. The summed E-state index contributed by atoms with van der Waals surface area (Å²) in [5, 5.41) is 18.6. The minimum atomic E-state index is -4.63.